The lowest BCUT2D eigenvalue weighted by Gasteiger charge is -2.18. The van der Waals surface area contributed by atoms with Gasteiger partial charge in [0.25, 0.3) is 0 Å². The van der Waals surface area contributed by atoms with Crippen LogP contribution in [0.5, 0.6) is 0 Å². The Morgan fingerprint density at radius 1 is 0.312 bits per heavy atom. The molecule has 64 heavy (non-hydrogen) atoms. The van der Waals surface area contributed by atoms with Gasteiger partial charge in [-0.1, -0.05) is 132 Å². The summed E-state index contributed by atoms with van der Waals surface area (Å²) < 4.78 is 0. The van der Waals surface area contributed by atoms with Crippen LogP contribution in [0.2, 0.25) is 0 Å². The molecule has 0 aromatic carbocycles. The van der Waals surface area contributed by atoms with Gasteiger partial charge in [-0.15, -0.1) is 0 Å². The lowest BCUT2D eigenvalue weighted by Crippen LogP contribution is -2.12. The van der Waals surface area contributed by atoms with Gasteiger partial charge in [-0.25, -0.2) is 44.9 Å². The van der Waals surface area contributed by atoms with E-state index in [0.717, 1.165) is 164 Å². The van der Waals surface area contributed by atoms with E-state index in [-0.39, 0.29) is 0 Å². The molecule has 0 aliphatic rings. The van der Waals surface area contributed by atoms with E-state index in [2.05, 4.69) is 86.1 Å². The van der Waals surface area contributed by atoms with E-state index in [0.29, 0.717) is 11.6 Å². The third-order valence-corrected chi connectivity index (χ3v) is 11.7. The third kappa shape index (κ3) is 14.7. The standard InChI is InChI=1S/C28H46N4.C26H36N6/c1-7-11-13-15-19-24-27(25(31-22(6)30-24)20-16-14-12-8-2)28-26(18-10-4)29-21(5)23(32-28)17-9-3;1-7-11-19-17(5)15-27-25(31-19)23-21(13-9-3)30-24(22(29-23)14-10-4)26-28-16-18(6)20(32-26)12-8-2/h7-20H2,1-6H3;15-16H,7-14H2,1-6H3. The topological polar surface area (TPSA) is 129 Å². The van der Waals surface area contributed by atoms with Crippen molar-refractivity contribution in [3.63, 3.8) is 0 Å². The zero-order valence-electron chi connectivity index (χ0n) is 42.2. The molecule has 0 atom stereocenters. The molecule has 0 bridgehead atoms. The molecule has 0 aliphatic carbocycles. The molecule has 5 heterocycles. The lowest BCUT2D eigenvalue weighted by atomic mass is 9.96. The number of hydrogen-bond donors (Lipinski definition) is 0. The summed E-state index contributed by atoms with van der Waals surface area (Å²) in [7, 11) is 0. The molecule has 10 heteroatoms. The zero-order valence-corrected chi connectivity index (χ0v) is 42.2. The molecule has 0 unspecified atom stereocenters. The summed E-state index contributed by atoms with van der Waals surface area (Å²) in [5.41, 5.74) is 15.9. The minimum atomic E-state index is 0.676. The summed E-state index contributed by atoms with van der Waals surface area (Å²) in [4.78, 5) is 49.5. The van der Waals surface area contributed by atoms with Crippen LogP contribution >= 0.6 is 0 Å². The summed E-state index contributed by atoms with van der Waals surface area (Å²) in [6.45, 7) is 25.9. The van der Waals surface area contributed by atoms with Gasteiger partial charge in [-0.05, 0) is 103 Å². The van der Waals surface area contributed by atoms with Crippen molar-refractivity contribution in [2.45, 2.75) is 224 Å². The summed E-state index contributed by atoms with van der Waals surface area (Å²) in [5, 5.41) is 0. The van der Waals surface area contributed by atoms with Crippen LogP contribution in [-0.2, 0) is 51.4 Å². The number of unbranched alkanes of at least 4 members (excludes halogenated alkanes) is 6. The molecule has 5 aromatic heterocycles. The van der Waals surface area contributed by atoms with E-state index < -0.39 is 0 Å². The molecule has 0 saturated heterocycles. The van der Waals surface area contributed by atoms with E-state index >= 15 is 0 Å². The molecule has 0 spiro atoms. The van der Waals surface area contributed by atoms with Crippen LogP contribution < -0.4 is 0 Å². The van der Waals surface area contributed by atoms with Gasteiger partial charge in [0.05, 0.1) is 45.6 Å². The van der Waals surface area contributed by atoms with Crippen LogP contribution in [0.1, 0.15) is 213 Å². The molecule has 5 rings (SSSR count). The summed E-state index contributed by atoms with van der Waals surface area (Å²) in [6, 6.07) is 0. The molecule has 10 nitrogen and oxygen atoms in total. The van der Waals surface area contributed by atoms with Crippen molar-refractivity contribution in [3.8, 4) is 34.3 Å². The lowest BCUT2D eigenvalue weighted by molar-refractivity contribution is 0.648. The van der Waals surface area contributed by atoms with Gasteiger partial charge in [0.15, 0.2) is 11.6 Å². The molecule has 0 N–H and O–H groups in total. The van der Waals surface area contributed by atoms with E-state index in [4.69, 9.17) is 39.9 Å². The maximum atomic E-state index is 5.25. The predicted molar refractivity (Wildman–Crippen MR) is 266 cm³/mol. The van der Waals surface area contributed by atoms with Crippen molar-refractivity contribution in [1.29, 1.82) is 0 Å². The second-order valence-electron chi connectivity index (χ2n) is 17.7. The van der Waals surface area contributed by atoms with Crippen molar-refractivity contribution in [2.75, 3.05) is 0 Å². The van der Waals surface area contributed by atoms with Gasteiger partial charge < -0.3 is 0 Å². The molecule has 348 valence electrons. The minimum absolute atomic E-state index is 0.676. The monoisotopic (exact) mass is 871 g/mol. The Bertz CT molecular complexity index is 2080. The van der Waals surface area contributed by atoms with E-state index in [1.165, 1.54) is 68.3 Å². The molecule has 0 radical (unpaired) electrons. The highest BCUT2D eigenvalue weighted by Gasteiger charge is 2.23. The number of aromatic nitrogens is 10. The van der Waals surface area contributed by atoms with E-state index in [1.54, 1.807) is 0 Å². The van der Waals surface area contributed by atoms with Crippen LogP contribution in [0.25, 0.3) is 34.3 Å². The fourth-order valence-electron chi connectivity index (χ4n) is 8.30. The first-order valence-corrected chi connectivity index (χ1v) is 25.4. The van der Waals surface area contributed by atoms with Crippen LogP contribution in [0.4, 0.5) is 0 Å². The molecule has 0 saturated carbocycles. The smallest absolute Gasteiger partial charge is 0.180 e. The maximum absolute atomic E-state index is 5.25. The Hall–Kier alpha value is -4.60. The molecule has 0 fully saturated rings. The third-order valence-electron chi connectivity index (χ3n) is 11.7. The van der Waals surface area contributed by atoms with Crippen molar-refractivity contribution < 1.29 is 0 Å². The second-order valence-corrected chi connectivity index (χ2v) is 17.7. The maximum Gasteiger partial charge on any atom is 0.180 e. The average Bonchev–Trinajstić information content (AvgIpc) is 3.27. The molecular formula is C54H82N10. The van der Waals surface area contributed by atoms with Gasteiger partial charge in [0.1, 0.15) is 17.2 Å². The Balaban J connectivity index is 0.000000281. The van der Waals surface area contributed by atoms with Crippen LogP contribution in [-0.4, -0.2) is 49.8 Å². The molecule has 0 amide bonds. The Morgan fingerprint density at radius 3 is 1.09 bits per heavy atom. The SMILES string of the molecule is CCCCCCc1nc(C)nc(CCCCCC)c1-c1nc(CCC)c(C)nc1CCC.CCCc1nc(-c2nc(CCC)c(-c3ncc(C)c(CCC)n3)nc2CCC)ncc1C. The number of hydrogen-bond acceptors (Lipinski definition) is 10. The Morgan fingerprint density at radius 2 is 0.688 bits per heavy atom. The normalized spacial score (nSPS) is 11.2. The summed E-state index contributed by atoms with van der Waals surface area (Å²) in [6.07, 6.45) is 27.4. The highest BCUT2D eigenvalue weighted by molar-refractivity contribution is 5.68. The van der Waals surface area contributed by atoms with Gasteiger partial charge in [-0.2, -0.15) is 0 Å². The fourth-order valence-corrected chi connectivity index (χ4v) is 8.30. The average molecular weight is 871 g/mol. The van der Waals surface area contributed by atoms with Gasteiger partial charge in [0, 0.05) is 29.3 Å². The Kier molecular flexibility index (Phi) is 22.5. The summed E-state index contributed by atoms with van der Waals surface area (Å²) >= 11 is 0. The van der Waals surface area contributed by atoms with E-state index in [1.807, 2.05) is 19.3 Å². The number of aryl methyl sites for hydroxylation is 12. The van der Waals surface area contributed by atoms with Crippen LogP contribution in [0.15, 0.2) is 12.4 Å². The van der Waals surface area contributed by atoms with Crippen molar-refractivity contribution in [1.82, 2.24) is 49.8 Å². The van der Waals surface area contributed by atoms with Crippen LogP contribution in [0, 0.1) is 27.7 Å². The largest absolute Gasteiger partial charge is 0.254 e. The fraction of sp³-hybridized carbons (Fsp3) is 0.630. The Labute approximate surface area is 387 Å². The quantitative estimate of drug-likeness (QED) is 0.0523. The first kappa shape index (κ1) is 52.0. The highest BCUT2D eigenvalue weighted by Crippen LogP contribution is 2.32. The second kappa shape index (κ2) is 27.7. The van der Waals surface area contributed by atoms with Gasteiger partial charge in [-0.3, -0.25) is 4.98 Å². The van der Waals surface area contributed by atoms with E-state index in [9.17, 15) is 0 Å². The van der Waals surface area contributed by atoms with Gasteiger partial charge >= 0.3 is 0 Å². The number of nitrogens with zero attached hydrogens (tertiary/aromatic N) is 10. The predicted octanol–water partition coefficient (Wildman–Crippen LogP) is 13.5. The van der Waals surface area contributed by atoms with Crippen LogP contribution in [0.3, 0.4) is 0 Å². The first-order valence-electron chi connectivity index (χ1n) is 25.4. The van der Waals surface area contributed by atoms with Crippen molar-refractivity contribution >= 4 is 0 Å². The molecular weight excluding hydrogens is 789 g/mol. The summed E-state index contributed by atoms with van der Waals surface area (Å²) in [5.74, 6) is 2.25. The first-order chi connectivity index (χ1) is 31.1. The van der Waals surface area contributed by atoms with Gasteiger partial charge in [0.2, 0.25) is 0 Å². The van der Waals surface area contributed by atoms with Crippen molar-refractivity contribution in [3.05, 3.63) is 80.6 Å². The minimum Gasteiger partial charge on any atom is -0.254 e. The number of rotatable bonds is 25. The molecule has 5 aromatic rings. The highest BCUT2D eigenvalue weighted by atomic mass is 15.0. The molecule has 0 aliphatic heterocycles. The van der Waals surface area contributed by atoms with Crippen molar-refractivity contribution in [2.24, 2.45) is 0 Å². The zero-order chi connectivity index (χ0) is 46.4.